The summed E-state index contributed by atoms with van der Waals surface area (Å²) in [6, 6.07) is 23.5. The SMILES string of the molecule is Ic1ccc(-c2ccccc2)c2ccccc12. The molecule has 0 fully saturated rings. The van der Waals surface area contributed by atoms with Crippen molar-refractivity contribution in [2.75, 3.05) is 0 Å². The lowest BCUT2D eigenvalue weighted by Gasteiger charge is -2.08. The molecule has 0 heterocycles. The molecular formula is C16H11I. The Morgan fingerprint density at radius 3 is 2.00 bits per heavy atom. The van der Waals surface area contributed by atoms with Crippen molar-refractivity contribution >= 4 is 33.4 Å². The highest BCUT2D eigenvalue weighted by Crippen LogP contribution is 2.31. The summed E-state index contributed by atoms with van der Waals surface area (Å²) in [4.78, 5) is 0. The van der Waals surface area contributed by atoms with Gasteiger partial charge in [-0.2, -0.15) is 0 Å². The third kappa shape index (κ3) is 1.95. The zero-order valence-electron chi connectivity index (χ0n) is 9.23. The minimum absolute atomic E-state index is 1.28. The van der Waals surface area contributed by atoms with Gasteiger partial charge in [0, 0.05) is 3.57 Å². The van der Waals surface area contributed by atoms with Crippen LogP contribution in [0.25, 0.3) is 21.9 Å². The van der Waals surface area contributed by atoms with Crippen molar-refractivity contribution in [1.82, 2.24) is 0 Å². The molecule has 3 aromatic rings. The topological polar surface area (TPSA) is 0 Å². The first kappa shape index (κ1) is 10.8. The average Bonchev–Trinajstić information content (AvgIpc) is 2.41. The predicted octanol–water partition coefficient (Wildman–Crippen LogP) is 5.11. The number of rotatable bonds is 1. The summed E-state index contributed by atoms with van der Waals surface area (Å²) in [6.45, 7) is 0. The molecule has 0 aromatic heterocycles. The van der Waals surface area contributed by atoms with E-state index in [0.29, 0.717) is 0 Å². The Kier molecular flexibility index (Phi) is 2.85. The van der Waals surface area contributed by atoms with E-state index >= 15 is 0 Å². The standard InChI is InChI=1S/C16H11I/c17-16-11-10-13(12-6-2-1-3-7-12)14-8-4-5-9-15(14)16/h1-11H. The van der Waals surface area contributed by atoms with Crippen molar-refractivity contribution in [3.05, 3.63) is 70.3 Å². The van der Waals surface area contributed by atoms with Crippen LogP contribution >= 0.6 is 22.6 Å². The van der Waals surface area contributed by atoms with Crippen LogP contribution in [-0.2, 0) is 0 Å². The molecule has 1 heteroatoms. The molecule has 0 unspecified atom stereocenters. The van der Waals surface area contributed by atoms with Gasteiger partial charge in [0.2, 0.25) is 0 Å². The molecule has 0 N–H and O–H groups in total. The highest BCUT2D eigenvalue weighted by molar-refractivity contribution is 14.1. The summed E-state index contributed by atoms with van der Waals surface area (Å²) >= 11 is 2.39. The van der Waals surface area contributed by atoms with E-state index in [4.69, 9.17) is 0 Å². The van der Waals surface area contributed by atoms with E-state index in [1.807, 2.05) is 0 Å². The fraction of sp³-hybridized carbons (Fsp3) is 0. The maximum absolute atomic E-state index is 2.39. The van der Waals surface area contributed by atoms with E-state index in [9.17, 15) is 0 Å². The third-order valence-electron chi connectivity index (χ3n) is 2.96. The first-order valence-corrected chi connectivity index (χ1v) is 6.67. The second kappa shape index (κ2) is 4.49. The van der Waals surface area contributed by atoms with E-state index in [2.05, 4.69) is 89.3 Å². The highest BCUT2D eigenvalue weighted by atomic mass is 127. The highest BCUT2D eigenvalue weighted by Gasteiger charge is 2.04. The van der Waals surface area contributed by atoms with E-state index in [1.54, 1.807) is 0 Å². The smallest absolute Gasteiger partial charge is 0.0209 e. The molecule has 0 atom stereocenters. The number of halogens is 1. The molecule has 0 radical (unpaired) electrons. The Hall–Kier alpha value is -1.35. The van der Waals surface area contributed by atoms with Crippen LogP contribution in [0.5, 0.6) is 0 Å². The van der Waals surface area contributed by atoms with Crippen molar-refractivity contribution in [2.45, 2.75) is 0 Å². The minimum Gasteiger partial charge on any atom is -0.0622 e. The van der Waals surface area contributed by atoms with Gasteiger partial charge in [-0.25, -0.2) is 0 Å². The van der Waals surface area contributed by atoms with E-state index in [1.165, 1.54) is 25.5 Å². The van der Waals surface area contributed by atoms with Crippen LogP contribution in [0.2, 0.25) is 0 Å². The summed E-state index contributed by atoms with van der Waals surface area (Å²) in [6.07, 6.45) is 0. The molecular weight excluding hydrogens is 319 g/mol. The zero-order chi connectivity index (χ0) is 11.7. The van der Waals surface area contributed by atoms with Gasteiger partial charge in [0.05, 0.1) is 0 Å². The van der Waals surface area contributed by atoms with Crippen LogP contribution in [0.3, 0.4) is 0 Å². The monoisotopic (exact) mass is 330 g/mol. The summed E-state index contributed by atoms with van der Waals surface area (Å²) in [5.41, 5.74) is 2.58. The number of benzene rings is 3. The molecule has 0 aliphatic carbocycles. The molecule has 0 saturated heterocycles. The van der Waals surface area contributed by atoms with Gasteiger partial charge in [-0.15, -0.1) is 0 Å². The van der Waals surface area contributed by atoms with Gasteiger partial charge < -0.3 is 0 Å². The second-order valence-electron chi connectivity index (χ2n) is 4.01. The molecule has 0 saturated carbocycles. The lowest BCUT2D eigenvalue weighted by atomic mass is 9.98. The van der Waals surface area contributed by atoms with Gasteiger partial charge in [0.15, 0.2) is 0 Å². The third-order valence-corrected chi connectivity index (χ3v) is 3.90. The Labute approximate surface area is 114 Å². The number of hydrogen-bond donors (Lipinski definition) is 0. The first-order chi connectivity index (χ1) is 8.36. The van der Waals surface area contributed by atoms with Gasteiger partial charge in [-0.05, 0) is 50.6 Å². The summed E-state index contributed by atoms with van der Waals surface area (Å²) < 4.78 is 1.30. The molecule has 0 amide bonds. The lowest BCUT2D eigenvalue weighted by Crippen LogP contribution is -1.83. The molecule has 0 aliphatic rings. The van der Waals surface area contributed by atoms with Crippen molar-refractivity contribution in [1.29, 1.82) is 0 Å². The maximum Gasteiger partial charge on any atom is 0.0209 e. The van der Waals surface area contributed by atoms with Gasteiger partial charge in [-0.3, -0.25) is 0 Å². The largest absolute Gasteiger partial charge is 0.0622 e. The van der Waals surface area contributed by atoms with Crippen molar-refractivity contribution in [3.63, 3.8) is 0 Å². The van der Waals surface area contributed by atoms with E-state index in [0.717, 1.165) is 0 Å². The predicted molar refractivity (Wildman–Crippen MR) is 82.1 cm³/mol. The Morgan fingerprint density at radius 1 is 0.588 bits per heavy atom. The Balaban J connectivity index is 2.35. The number of fused-ring (bicyclic) bond motifs is 1. The number of hydrogen-bond acceptors (Lipinski definition) is 0. The molecule has 3 aromatic carbocycles. The average molecular weight is 330 g/mol. The summed E-state index contributed by atoms with van der Waals surface area (Å²) in [5, 5.41) is 2.65. The van der Waals surface area contributed by atoms with Gasteiger partial charge in [0.25, 0.3) is 0 Å². The van der Waals surface area contributed by atoms with Crippen molar-refractivity contribution < 1.29 is 0 Å². The van der Waals surface area contributed by atoms with Crippen LogP contribution in [0.4, 0.5) is 0 Å². The molecule has 0 spiro atoms. The molecule has 82 valence electrons. The van der Waals surface area contributed by atoms with Gasteiger partial charge in [0.1, 0.15) is 0 Å². The van der Waals surface area contributed by atoms with E-state index < -0.39 is 0 Å². The maximum atomic E-state index is 2.39. The van der Waals surface area contributed by atoms with Crippen LogP contribution in [0.1, 0.15) is 0 Å². The lowest BCUT2D eigenvalue weighted by molar-refractivity contribution is 1.64. The molecule has 0 bridgehead atoms. The van der Waals surface area contributed by atoms with Crippen LogP contribution in [0, 0.1) is 3.57 Å². The Morgan fingerprint density at radius 2 is 1.24 bits per heavy atom. The van der Waals surface area contributed by atoms with E-state index in [-0.39, 0.29) is 0 Å². The fourth-order valence-electron chi connectivity index (χ4n) is 2.13. The summed E-state index contributed by atoms with van der Waals surface area (Å²) in [7, 11) is 0. The van der Waals surface area contributed by atoms with Crippen LogP contribution < -0.4 is 0 Å². The normalized spacial score (nSPS) is 10.6. The quantitative estimate of drug-likeness (QED) is 0.544. The molecule has 0 aliphatic heterocycles. The Bertz CT molecular complexity index is 657. The second-order valence-corrected chi connectivity index (χ2v) is 5.17. The molecule has 3 rings (SSSR count). The van der Waals surface area contributed by atoms with Crippen LogP contribution in [-0.4, -0.2) is 0 Å². The minimum atomic E-state index is 1.28. The zero-order valence-corrected chi connectivity index (χ0v) is 11.4. The fourth-order valence-corrected chi connectivity index (χ4v) is 2.78. The first-order valence-electron chi connectivity index (χ1n) is 5.59. The van der Waals surface area contributed by atoms with Crippen molar-refractivity contribution in [3.8, 4) is 11.1 Å². The van der Waals surface area contributed by atoms with Crippen molar-refractivity contribution in [2.24, 2.45) is 0 Å². The van der Waals surface area contributed by atoms with Gasteiger partial charge >= 0.3 is 0 Å². The molecule has 0 nitrogen and oxygen atoms in total. The van der Waals surface area contributed by atoms with Crippen LogP contribution in [0.15, 0.2) is 66.7 Å². The molecule has 17 heavy (non-hydrogen) atoms. The van der Waals surface area contributed by atoms with Gasteiger partial charge in [-0.1, -0.05) is 60.7 Å². The summed E-state index contributed by atoms with van der Waals surface area (Å²) in [5.74, 6) is 0.